The van der Waals surface area contributed by atoms with E-state index in [0.717, 1.165) is 19.4 Å². The van der Waals surface area contributed by atoms with Crippen LogP contribution in [0.15, 0.2) is 28.6 Å². The van der Waals surface area contributed by atoms with E-state index in [1.165, 1.54) is 30.2 Å². The standard InChI is InChI=1S/C17H20N4O4S2/c1-24-13-7-3-2-6-12(13)15(23)19-16-20-21-17(27-16)26-10-14(22)18-9-11-5-4-8-25-11/h2-3,6-7,11H,4-5,8-10H2,1H3,(H,18,22)(H,19,20,23)/t11-/m1/s1. The second-order valence-electron chi connectivity index (χ2n) is 5.76. The lowest BCUT2D eigenvalue weighted by molar-refractivity contribution is -0.119. The third kappa shape index (κ3) is 5.65. The number of benzene rings is 1. The van der Waals surface area contributed by atoms with Crippen LogP contribution in [0.4, 0.5) is 5.13 Å². The average molecular weight is 409 g/mol. The number of carbonyl (C=O) groups excluding carboxylic acids is 2. The zero-order valence-electron chi connectivity index (χ0n) is 14.8. The zero-order valence-corrected chi connectivity index (χ0v) is 16.4. The number of amides is 2. The van der Waals surface area contributed by atoms with Gasteiger partial charge in [0.15, 0.2) is 4.34 Å². The average Bonchev–Trinajstić information content (AvgIpc) is 3.36. The lowest BCUT2D eigenvalue weighted by Crippen LogP contribution is -2.32. The highest BCUT2D eigenvalue weighted by Crippen LogP contribution is 2.26. The van der Waals surface area contributed by atoms with Gasteiger partial charge in [0.2, 0.25) is 11.0 Å². The monoisotopic (exact) mass is 408 g/mol. The van der Waals surface area contributed by atoms with Crippen LogP contribution in [-0.4, -0.2) is 54.1 Å². The molecule has 2 amide bonds. The molecule has 1 aromatic heterocycles. The SMILES string of the molecule is COc1ccccc1C(=O)Nc1nnc(SCC(=O)NC[C@H]2CCCO2)s1. The van der Waals surface area contributed by atoms with Gasteiger partial charge in [0.1, 0.15) is 5.75 Å². The fourth-order valence-electron chi connectivity index (χ4n) is 2.53. The molecule has 2 N–H and O–H groups in total. The molecule has 1 aromatic carbocycles. The van der Waals surface area contributed by atoms with E-state index in [4.69, 9.17) is 9.47 Å². The first-order valence-electron chi connectivity index (χ1n) is 8.44. The first-order valence-corrected chi connectivity index (χ1v) is 10.2. The predicted octanol–water partition coefficient (Wildman–Crippen LogP) is 2.19. The molecule has 2 aromatic rings. The molecule has 1 fully saturated rings. The minimum Gasteiger partial charge on any atom is -0.496 e. The minimum atomic E-state index is -0.325. The Kier molecular flexibility index (Phi) is 7.02. The third-order valence-corrected chi connectivity index (χ3v) is 5.83. The van der Waals surface area contributed by atoms with E-state index in [0.29, 0.717) is 27.3 Å². The molecule has 144 valence electrons. The summed E-state index contributed by atoms with van der Waals surface area (Å²) in [6, 6.07) is 6.93. The van der Waals surface area contributed by atoms with Gasteiger partial charge in [-0.3, -0.25) is 14.9 Å². The summed E-state index contributed by atoms with van der Waals surface area (Å²) in [5.41, 5.74) is 0.415. The van der Waals surface area contributed by atoms with E-state index in [1.54, 1.807) is 24.3 Å². The number of rotatable bonds is 8. The number of anilines is 1. The Morgan fingerprint density at radius 2 is 2.22 bits per heavy atom. The Morgan fingerprint density at radius 1 is 1.37 bits per heavy atom. The van der Waals surface area contributed by atoms with Crippen LogP contribution in [0.25, 0.3) is 0 Å². The molecule has 1 atom stereocenters. The van der Waals surface area contributed by atoms with Crippen molar-refractivity contribution in [1.82, 2.24) is 15.5 Å². The van der Waals surface area contributed by atoms with Crippen LogP contribution in [-0.2, 0) is 9.53 Å². The van der Waals surface area contributed by atoms with Crippen LogP contribution in [0.1, 0.15) is 23.2 Å². The maximum Gasteiger partial charge on any atom is 0.261 e. The highest BCUT2D eigenvalue weighted by atomic mass is 32.2. The van der Waals surface area contributed by atoms with Gasteiger partial charge in [-0.15, -0.1) is 10.2 Å². The number of para-hydroxylation sites is 1. The normalized spacial score (nSPS) is 16.1. The number of methoxy groups -OCH3 is 1. The predicted molar refractivity (Wildman–Crippen MR) is 104 cm³/mol. The van der Waals surface area contributed by atoms with Crippen LogP contribution in [0, 0.1) is 0 Å². The molecular weight excluding hydrogens is 388 g/mol. The van der Waals surface area contributed by atoms with Gasteiger partial charge in [-0.05, 0) is 25.0 Å². The molecule has 10 heteroatoms. The number of nitrogens with one attached hydrogen (secondary N) is 2. The van der Waals surface area contributed by atoms with Gasteiger partial charge < -0.3 is 14.8 Å². The Labute approximate surface area is 165 Å². The van der Waals surface area contributed by atoms with E-state index in [1.807, 2.05) is 0 Å². The van der Waals surface area contributed by atoms with Crippen molar-refractivity contribution in [2.45, 2.75) is 23.3 Å². The van der Waals surface area contributed by atoms with Gasteiger partial charge >= 0.3 is 0 Å². The van der Waals surface area contributed by atoms with Crippen LogP contribution in [0.5, 0.6) is 5.75 Å². The van der Waals surface area contributed by atoms with Gasteiger partial charge in [0.25, 0.3) is 5.91 Å². The van der Waals surface area contributed by atoms with Crippen LogP contribution >= 0.6 is 23.1 Å². The molecule has 0 spiro atoms. The van der Waals surface area contributed by atoms with Gasteiger partial charge in [-0.1, -0.05) is 35.2 Å². The van der Waals surface area contributed by atoms with Crippen molar-refractivity contribution in [3.05, 3.63) is 29.8 Å². The highest BCUT2D eigenvalue weighted by Gasteiger charge is 2.17. The molecule has 27 heavy (non-hydrogen) atoms. The molecule has 8 nitrogen and oxygen atoms in total. The van der Waals surface area contributed by atoms with Crippen LogP contribution < -0.4 is 15.4 Å². The number of nitrogens with zero attached hydrogens (tertiary/aromatic N) is 2. The smallest absolute Gasteiger partial charge is 0.261 e. The Morgan fingerprint density at radius 3 is 3.00 bits per heavy atom. The second-order valence-corrected chi connectivity index (χ2v) is 7.96. The summed E-state index contributed by atoms with van der Waals surface area (Å²) in [7, 11) is 1.51. The van der Waals surface area contributed by atoms with Crippen molar-refractivity contribution in [3.63, 3.8) is 0 Å². The van der Waals surface area contributed by atoms with E-state index < -0.39 is 0 Å². The first kappa shape index (κ1) is 19.6. The van der Waals surface area contributed by atoms with Gasteiger partial charge in [-0.25, -0.2) is 0 Å². The van der Waals surface area contributed by atoms with Crippen molar-refractivity contribution in [3.8, 4) is 5.75 Å². The number of ether oxygens (including phenoxy) is 2. The van der Waals surface area contributed by atoms with Crippen molar-refractivity contribution in [2.24, 2.45) is 0 Å². The molecule has 1 saturated heterocycles. The van der Waals surface area contributed by atoms with Crippen molar-refractivity contribution < 1.29 is 19.1 Å². The fraction of sp³-hybridized carbons (Fsp3) is 0.412. The number of thioether (sulfide) groups is 1. The second kappa shape index (κ2) is 9.67. The maximum atomic E-state index is 12.3. The van der Waals surface area contributed by atoms with E-state index in [-0.39, 0.29) is 23.7 Å². The van der Waals surface area contributed by atoms with Crippen LogP contribution in [0.3, 0.4) is 0 Å². The molecule has 0 saturated carbocycles. The molecule has 1 aliphatic rings. The number of hydrogen-bond acceptors (Lipinski definition) is 8. The minimum absolute atomic E-state index is 0.0784. The Bertz CT molecular complexity index is 793. The molecule has 1 aliphatic heterocycles. The van der Waals surface area contributed by atoms with Gasteiger partial charge in [0.05, 0.1) is 24.5 Å². The Hall–Kier alpha value is -2.17. The largest absolute Gasteiger partial charge is 0.496 e. The molecule has 3 rings (SSSR count). The summed E-state index contributed by atoms with van der Waals surface area (Å²) in [5.74, 6) is 0.318. The number of aromatic nitrogens is 2. The van der Waals surface area contributed by atoms with E-state index in [2.05, 4.69) is 20.8 Å². The molecule has 0 bridgehead atoms. The third-order valence-electron chi connectivity index (χ3n) is 3.86. The fourth-order valence-corrected chi connectivity index (χ4v) is 4.10. The van der Waals surface area contributed by atoms with E-state index >= 15 is 0 Å². The molecule has 2 heterocycles. The number of hydrogen-bond donors (Lipinski definition) is 2. The van der Waals surface area contributed by atoms with Crippen LogP contribution in [0.2, 0.25) is 0 Å². The summed E-state index contributed by atoms with van der Waals surface area (Å²) >= 11 is 2.50. The zero-order chi connectivity index (χ0) is 19.1. The van der Waals surface area contributed by atoms with Gasteiger partial charge in [-0.2, -0.15) is 0 Å². The topological polar surface area (TPSA) is 102 Å². The van der Waals surface area contributed by atoms with Crippen molar-refractivity contribution in [1.29, 1.82) is 0 Å². The summed E-state index contributed by atoms with van der Waals surface area (Å²) in [4.78, 5) is 24.2. The Balaban J connectivity index is 1.46. The number of carbonyl (C=O) groups is 2. The molecule has 0 radical (unpaired) electrons. The summed E-state index contributed by atoms with van der Waals surface area (Å²) in [6.07, 6.45) is 2.15. The summed E-state index contributed by atoms with van der Waals surface area (Å²) in [6.45, 7) is 1.30. The maximum absolute atomic E-state index is 12.3. The van der Waals surface area contributed by atoms with Crippen molar-refractivity contribution in [2.75, 3.05) is 31.3 Å². The molecule has 0 aliphatic carbocycles. The lowest BCUT2D eigenvalue weighted by atomic mass is 10.2. The summed E-state index contributed by atoms with van der Waals surface area (Å²) < 4.78 is 11.3. The lowest BCUT2D eigenvalue weighted by Gasteiger charge is -2.09. The first-order chi connectivity index (χ1) is 13.2. The molecule has 0 unspecified atom stereocenters. The quantitative estimate of drug-likeness (QED) is 0.510. The van der Waals surface area contributed by atoms with Gasteiger partial charge in [0, 0.05) is 13.2 Å². The summed E-state index contributed by atoms with van der Waals surface area (Å²) in [5, 5.41) is 13.9. The highest BCUT2D eigenvalue weighted by molar-refractivity contribution is 8.01. The molecular formula is C17H20N4O4S2. The van der Waals surface area contributed by atoms with E-state index in [9.17, 15) is 9.59 Å². The van der Waals surface area contributed by atoms with Crippen molar-refractivity contribution >= 4 is 40.0 Å².